The van der Waals surface area contributed by atoms with Crippen LogP contribution in [-0.4, -0.2) is 34.3 Å². The molecule has 5 rings (SSSR count). The van der Waals surface area contributed by atoms with Gasteiger partial charge in [0.05, 0.1) is 29.6 Å². The fourth-order valence-corrected chi connectivity index (χ4v) is 3.98. The lowest BCUT2D eigenvalue weighted by molar-refractivity contribution is 0.0914. The highest BCUT2D eigenvalue weighted by Crippen LogP contribution is 2.37. The van der Waals surface area contributed by atoms with Gasteiger partial charge in [0.2, 0.25) is 0 Å². The molecule has 7 heteroatoms. The summed E-state index contributed by atoms with van der Waals surface area (Å²) in [5, 5.41) is 2.89. The Labute approximate surface area is 167 Å². The van der Waals surface area contributed by atoms with Gasteiger partial charge in [0.15, 0.2) is 5.78 Å². The minimum atomic E-state index is -0.307. The van der Waals surface area contributed by atoms with Crippen molar-refractivity contribution in [3.8, 4) is 17.0 Å². The summed E-state index contributed by atoms with van der Waals surface area (Å²) in [6.07, 6.45) is 8.78. The van der Waals surface area contributed by atoms with Crippen LogP contribution in [-0.2, 0) is 12.8 Å². The number of aryl methyl sites for hydroxylation is 1. The second-order valence-electron chi connectivity index (χ2n) is 7.26. The topological polar surface area (TPSA) is 94.3 Å². The van der Waals surface area contributed by atoms with Crippen molar-refractivity contribution in [3.63, 3.8) is 0 Å². The molecule has 7 nitrogen and oxygen atoms in total. The van der Waals surface area contributed by atoms with Crippen LogP contribution in [0, 0.1) is 0 Å². The number of carbonyl (C=O) groups excluding carboxylic acids is 2. The molecule has 0 fully saturated rings. The number of nitrogens with zero attached hydrogens (tertiary/aromatic N) is 2. The molecule has 29 heavy (non-hydrogen) atoms. The van der Waals surface area contributed by atoms with Gasteiger partial charge in [0.25, 0.3) is 5.91 Å². The number of furan rings is 1. The molecule has 146 valence electrons. The van der Waals surface area contributed by atoms with Crippen LogP contribution in [0.5, 0.6) is 5.75 Å². The Morgan fingerprint density at radius 3 is 3.03 bits per heavy atom. The monoisotopic (exact) mass is 389 g/mol. The first-order chi connectivity index (χ1) is 14.2. The summed E-state index contributed by atoms with van der Waals surface area (Å²) in [5.74, 6) is 1.06. The van der Waals surface area contributed by atoms with E-state index in [-0.39, 0.29) is 17.8 Å². The van der Waals surface area contributed by atoms with Gasteiger partial charge in [-0.2, -0.15) is 0 Å². The van der Waals surface area contributed by atoms with Gasteiger partial charge in [-0.05, 0) is 18.1 Å². The molecule has 1 amide bonds. The van der Waals surface area contributed by atoms with Crippen LogP contribution in [0.2, 0.25) is 0 Å². The highest BCUT2D eigenvalue weighted by Gasteiger charge is 2.30. The van der Waals surface area contributed by atoms with Gasteiger partial charge in [0.1, 0.15) is 23.9 Å². The molecule has 0 bridgehead atoms. The zero-order valence-corrected chi connectivity index (χ0v) is 15.7. The lowest BCUT2D eigenvalue weighted by atomic mass is 9.94. The quantitative estimate of drug-likeness (QED) is 0.737. The smallest absolute Gasteiger partial charge is 0.255 e. The van der Waals surface area contributed by atoms with Crippen LogP contribution >= 0.6 is 0 Å². The molecule has 1 aliphatic carbocycles. The van der Waals surface area contributed by atoms with E-state index in [0.717, 1.165) is 29.0 Å². The van der Waals surface area contributed by atoms with Crippen LogP contribution in [0.4, 0.5) is 0 Å². The number of Topliss-reactive ketones (excluding diaryl/α,β-unsaturated/α-hetero) is 1. The molecule has 1 atom stereocenters. The highest BCUT2D eigenvalue weighted by atomic mass is 16.5. The number of benzene rings is 1. The van der Waals surface area contributed by atoms with Gasteiger partial charge in [-0.25, -0.2) is 0 Å². The summed E-state index contributed by atoms with van der Waals surface area (Å²) in [6, 6.07) is 5.94. The minimum Gasteiger partial charge on any atom is -0.487 e. The van der Waals surface area contributed by atoms with E-state index >= 15 is 0 Å². The Morgan fingerprint density at radius 1 is 1.24 bits per heavy atom. The van der Waals surface area contributed by atoms with E-state index in [1.807, 2.05) is 18.2 Å². The molecular weight excluding hydrogens is 370 g/mol. The Balaban J connectivity index is 1.29. The standard InChI is InChI=1S/C22H19N3O4/c26-18-5-2-6-19-20(18)16(12-28-19)22(27)25-10-14-9-13-3-1-4-15(21(13)29-14)17-11-23-7-8-24-17/h1,3-4,7-8,11-12,14H,2,5-6,9-10H2,(H,25,27). The molecule has 1 aliphatic heterocycles. The predicted molar refractivity (Wildman–Crippen MR) is 104 cm³/mol. The van der Waals surface area contributed by atoms with Gasteiger partial charge in [-0.1, -0.05) is 12.1 Å². The number of aromatic nitrogens is 2. The van der Waals surface area contributed by atoms with E-state index < -0.39 is 0 Å². The molecule has 3 aromatic rings. The molecule has 0 saturated carbocycles. The number of para-hydroxylation sites is 1. The number of hydrogen-bond donors (Lipinski definition) is 1. The Hall–Kier alpha value is -3.48. The highest BCUT2D eigenvalue weighted by molar-refractivity contribution is 6.09. The van der Waals surface area contributed by atoms with E-state index in [1.54, 1.807) is 18.6 Å². The number of fused-ring (bicyclic) bond motifs is 2. The third-order valence-corrected chi connectivity index (χ3v) is 5.36. The van der Waals surface area contributed by atoms with Crippen molar-refractivity contribution >= 4 is 11.7 Å². The van der Waals surface area contributed by atoms with Gasteiger partial charge in [-0.3, -0.25) is 19.6 Å². The van der Waals surface area contributed by atoms with Crippen LogP contribution in [0.15, 0.2) is 47.5 Å². The lowest BCUT2D eigenvalue weighted by Crippen LogP contribution is -2.35. The second-order valence-corrected chi connectivity index (χ2v) is 7.26. The molecule has 0 radical (unpaired) electrons. The van der Waals surface area contributed by atoms with Crippen molar-refractivity contribution in [1.82, 2.24) is 15.3 Å². The van der Waals surface area contributed by atoms with Crippen molar-refractivity contribution in [3.05, 3.63) is 65.5 Å². The number of ketones is 1. The first-order valence-corrected chi connectivity index (χ1v) is 9.67. The average molecular weight is 389 g/mol. The van der Waals surface area contributed by atoms with Crippen molar-refractivity contribution in [2.75, 3.05) is 6.54 Å². The molecule has 3 heterocycles. The van der Waals surface area contributed by atoms with E-state index in [9.17, 15) is 9.59 Å². The maximum atomic E-state index is 12.6. The largest absolute Gasteiger partial charge is 0.487 e. The maximum Gasteiger partial charge on any atom is 0.255 e. The Kier molecular flexibility index (Phi) is 4.35. The molecule has 1 aromatic carbocycles. The van der Waals surface area contributed by atoms with E-state index in [2.05, 4.69) is 15.3 Å². The van der Waals surface area contributed by atoms with E-state index in [4.69, 9.17) is 9.15 Å². The van der Waals surface area contributed by atoms with Gasteiger partial charge in [-0.15, -0.1) is 0 Å². The number of nitrogens with one attached hydrogen (secondary N) is 1. The van der Waals surface area contributed by atoms with Crippen molar-refractivity contribution in [1.29, 1.82) is 0 Å². The number of carbonyl (C=O) groups is 2. The van der Waals surface area contributed by atoms with Crippen LogP contribution in [0.1, 0.15) is 44.9 Å². The fourth-order valence-electron chi connectivity index (χ4n) is 3.98. The number of rotatable bonds is 4. The third kappa shape index (κ3) is 3.18. The van der Waals surface area contributed by atoms with Gasteiger partial charge >= 0.3 is 0 Å². The SMILES string of the molecule is O=C(NCC1Cc2cccc(-c3cnccn3)c2O1)c1coc2c1C(=O)CCC2. The zero-order valence-electron chi connectivity index (χ0n) is 15.7. The van der Waals surface area contributed by atoms with E-state index in [0.29, 0.717) is 42.7 Å². The van der Waals surface area contributed by atoms with Crippen molar-refractivity contribution in [2.24, 2.45) is 0 Å². The summed E-state index contributed by atoms with van der Waals surface area (Å²) in [7, 11) is 0. The first-order valence-electron chi connectivity index (χ1n) is 9.67. The first kappa shape index (κ1) is 17.6. The molecule has 1 unspecified atom stereocenters. The average Bonchev–Trinajstić information content (AvgIpc) is 3.37. The number of amides is 1. The molecular formula is C22H19N3O4. The lowest BCUT2D eigenvalue weighted by Gasteiger charge is -2.14. The Bertz CT molecular complexity index is 1090. The third-order valence-electron chi connectivity index (χ3n) is 5.36. The van der Waals surface area contributed by atoms with Crippen molar-refractivity contribution in [2.45, 2.75) is 31.8 Å². The number of hydrogen-bond acceptors (Lipinski definition) is 6. The second kappa shape index (κ2) is 7.16. The summed E-state index contributed by atoms with van der Waals surface area (Å²) in [4.78, 5) is 33.3. The molecule has 2 aliphatic rings. The van der Waals surface area contributed by atoms with Gasteiger partial charge in [0, 0.05) is 37.2 Å². The van der Waals surface area contributed by atoms with Crippen LogP contribution in [0.3, 0.4) is 0 Å². The summed E-state index contributed by atoms with van der Waals surface area (Å²) in [5.41, 5.74) is 3.47. The minimum absolute atomic E-state index is 0.0247. The summed E-state index contributed by atoms with van der Waals surface area (Å²) >= 11 is 0. The normalized spacial score (nSPS) is 17.4. The van der Waals surface area contributed by atoms with E-state index in [1.165, 1.54) is 6.26 Å². The zero-order chi connectivity index (χ0) is 19.8. The molecule has 2 aromatic heterocycles. The molecule has 1 N–H and O–H groups in total. The summed E-state index contributed by atoms with van der Waals surface area (Å²) < 4.78 is 11.6. The summed E-state index contributed by atoms with van der Waals surface area (Å²) in [6.45, 7) is 0.335. The van der Waals surface area contributed by atoms with Crippen molar-refractivity contribution < 1.29 is 18.7 Å². The van der Waals surface area contributed by atoms with Crippen LogP contribution < -0.4 is 10.1 Å². The molecule has 0 saturated heterocycles. The van der Waals surface area contributed by atoms with Gasteiger partial charge < -0.3 is 14.5 Å². The fraction of sp³-hybridized carbons (Fsp3) is 0.273. The Morgan fingerprint density at radius 2 is 2.17 bits per heavy atom. The molecule has 0 spiro atoms. The number of ether oxygens (including phenoxy) is 1. The predicted octanol–water partition coefficient (Wildman–Crippen LogP) is 2.99. The maximum absolute atomic E-state index is 12.6. The van der Waals surface area contributed by atoms with Crippen LogP contribution in [0.25, 0.3) is 11.3 Å².